The molecule has 1 aromatic rings. The molecule has 0 radical (unpaired) electrons. The summed E-state index contributed by atoms with van der Waals surface area (Å²) in [7, 11) is 0. The number of aromatic nitrogens is 1. The van der Waals surface area contributed by atoms with Crippen LogP contribution in [0.15, 0.2) is 18.3 Å². The Morgan fingerprint density at radius 2 is 1.79 bits per heavy atom. The summed E-state index contributed by atoms with van der Waals surface area (Å²) < 4.78 is 0. The smallest absolute Gasteiger partial charge is 0.128 e. The Kier molecular flexibility index (Phi) is 7.49. The van der Waals surface area contributed by atoms with Gasteiger partial charge in [-0.25, -0.2) is 4.98 Å². The van der Waals surface area contributed by atoms with Gasteiger partial charge < -0.3 is 10.6 Å². The van der Waals surface area contributed by atoms with Gasteiger partial charge in [0, 0.05) is 25.3 Å². The standard InChI is InChI=1S/C16H29N3/c1-4-6-10-19(11-7-5-2)16-9-8-15(13-18-16)12-14(3)17/h8-9,13-14H,4-7,10-12,17H2,1-3H3. The Morgan fingerprint density at radius 1 is 1.16 bits per heavy atom. The minimum atomic E-state index is 0.198. The van der Waals surface area contributed by atoms with Gasteiger partial charge in [0.15, 0.2) is 0 Å². The Labute approximate surface area is 118 Å². The first-order valence-electron chi connectivity index (χ1n) is 7.62. The molecule has 1 aromatic heterocycles. The van der Waals surface area contributed by atoms with Gasteiger partial charge in [0.2, 0.25) is 0 Å². The predicted molar refractivity (Wildman–Crippen MR) is 83.6 cm³/mol. The molecule has 0 spiro atoms. The van der Waals surface area contributed by atoms with Crippen molar-refractivity contribution in [2.75, 3.05) is 18.0 Å². The van der Waals surface area contributed by atoms with Crippen molar-refractivity contribution in [2.24, 2.45) is 5.73 Å². The Balaban J connectivity index is 2.66. The zero-order valence-corrected chi connectivity index (χ0v) is 12.7. The predicted octanol–water partition coefficient (Wildman–Crippen LogP) is 3.38. The number of anilines is 1. The topological polar surface area (TPSA) is 42.1 Å². The van der Waals surface area contributed by atoms with Gasteiger partial charge in [0.1, 0.15) is 5.82 Å². The van der Waals surface area contributed by atoms with Crippen LogP contribution >= 0.6 is 0 Å². The van der Waals surface area contributed by atoms with E-state index >= 15 is 0 Å². The fourth-order valence-corrected chi connectivity index (χ4v) is 2.14. The number of nitrogens with zero attached hydrogens (tertiary/aromatic N) is 2. The van der Waals surface area contributed by atoms with E-state index in [1.165, 1.54) is 31.2 Å². The van der Waals surface area contributed by atoms with Crippen LogP contribution in [-0.4, -0.2) is 24.1 Å². The van der Waals surface area contributed by atoms with Crippen LogP contribution in [-0.2, 0) is 6.42 Å². The number of pyridine rings is 1. The average Bonchev–Trinajstić information content (AvgIpc) is 2.39. The maximum absolute atomic E-state index is 5.82. The molecule has 1 heterocycles. The van der Waals surface area contributed by atoms with E-state index in [0.717, 1.165) is 25.3 Å². The van der Waals surface area contributed by atoms with Crippen molar-refractivity contribution in [3.8, 4) is 0 Å². The van der Waals surface area contributed by atoms with Crippen LogP contribution in [0.2, 0.25) is 0 Å². The van der Waals surface area contributed by atoms with Crippen LogP contribution in [0.25, 0.3) is 0 Å². The fourth-order valence-electron chi connectivity index (χ4n) is 2.14. The summed E-state index contributed by atoms with van der Waals surface area (Å²) >= 11 is 0. The molecule has 108 valence electrons. The van der Waals surface area contributed by atoms with Crippen LogP contribution in [0.3, 0.4) is 0 Å². The average molecular weight is 263 g/mol. The summed E-state index contributed by atoms with van der Waals surface area (Å²) in [6, 6.07) is 4.50. The lowest BCUT2D eigenvalue weighted by atomic mass is 10.1. The molecule has 0 aliphatic heterocycles. The van der Waals surface area contributed by atoms with Crippen LogP contribution in [0.1, 0.15) is 52.0 Å². The second kappa shape index (κ2) is 8.92. The highest BCUT2D eigenvalue weighted by Gasteiger charge is 2.07. The van der Waals surface area contributed by atoms with Gasteiger partial charge in [0.05, 0.1) is 0 Å². The van der Waals surface area contributed by atoms with E-state index in [-0.39, 0.29) is 6.04 Å². The summed E-state index contributed by atoms with van der Waals surface area (Å²) in [6.07, 6.45) is 7.79. The van der Waals surface area contributed by atoms with Gasteiger partial charge in [-0.15, -0.1) is 0 Å². The van der Waals surface area contributed by atoms with Crippen LogP contribution < -0.4 is 10.6 Å². The molecule has 0 amide bonds. The highest BCUT2D eigenvalue weighted by atomic mass is 15.2. The number of unbranched alkanes of at least 4 members (excludes halogenated alkanes) is 2. The van der Waals surface area contributed by atoms with E-state index in [0.29, 0.717) is 0 Å². The quantitative estimate of drug-likeness (QED) is 0.742. The van der Waals surface area contributed by atoms with E-state index in [4.69, 9.17) is 5.73 Å². The van der Waals surface area contributed by atoms with Crippen LogP contribution in [0.4, 0.5) is 5.82 Å². The number of hydrogen-bond donors (Lipinski definition) is 1. The maximum atomic E-state index is 5.82. The lowest BCUT2D eigenvalue weighted by Crippen LogP contribution is -2.26. The highest BCUT2D eigenvalue weighted by Crippen LogP contribution is 2.14. The first kappa shape index (κ1) is 16.0. The molecule has 0 saturated heterocycles. The molecule has 3 heteroatoms. The molecule has 1 unspecified atom stereocenters. The third-order valence-electron chi connectivity index (χ3n) is 3.25. The van der Waals surface area contributed by atoms with E-state index in [1.54, 1.807) is 0 Å². The molecule has 0 saturated carbocycles. The minimum Gasteiger partial charge on any atom is -0.357 e. The summed E-state index contributed by atoms with van der Waals surface area (Å²) in [4.78, 5) is 7.01. The molecule has 1 atom stereocenters. The van der Waals surface area contributed by atoms with E-state index < -0.39 is 0 Å². The van der Waals surface area contributed by atoms with Gasteiger partial charge in [-0.3, -0.25) is 0 Å². The normalized spacial score (nSPS) is 12.4. The van der Waals surface area contributed by atoms with Crippen molar-refractivity contribution in [3.05, 3.63) is 23.9 Å². The van der Waals surface area contributed by atoms with Crippen molar-refractivity contribution in [3.63, 3.8) is 0 Å². The van der Waals surface area contributed by atoms with Gasteiger partial charge in [0.25, 0.3) is 0 Å². The second-order valence-corrected chi connectivity index (χ2v) is 5.40. The van der Waals surface area contributed by atoms with Gasteiger partial charge in [-0.1, -0.05) is 32.8 Å². The molecule has 0 aliphatic carbocycles. The van der Waals surface area contributed by atoms with E-state index in [1.807, 2.05) is 13.1 Å². The summed E-state index contributed by atoms with van der Waals surface area (Å²) in [5.74, 6) is 1.11. The molecular formula is C16H29N3. The largest absolute Gasteiger partial charge is 0.357 e. The Hall–Kier alpha value is -1.09. The lowest BCUT2D eigenvalue weighted by Gasteiger charge is -2.23. The second-order valence-electron chi connectivity index (χ2n) is 5.40. The number of rotatable bonds is 9. The van der Waals surface area contributed by atoms with E-state index in [2.05, 4.69) is 35.9 Å². The minimum absolute atomic E-state index is 0.198. The van der Waals surface area contributed by atoms with E-state index in [9.17, 15) is 0 Å². The maximum Gasteiger partial charge on any atom is 0.128 e. The summed E-state index contributed by atoms with van der Waals surface area (Å²) in [6.45, 7) is 8.71. The van der Waals surface area contributed by atoms with Crippen molar-refractivity contribution >= 4 is 5.82 Å². The molecule has 1 rings (SSSR count). The van der Waals surface area contributed by atoms with Gasteiger partial charge in [-0.2, -0.15) is 0 Å². The molecule has 3 nitrogen and oxygen atoms in total. The first-order chi connectivity index (χ1) is 9.17. The number of nitrogens with two attached hydrogens (primary N) is 1. The highest BCUT2D eigenvalue weighted by molar-refractivity contribution is 5.39. The first-order valence-corrected chi connectivity index (χ1v) is 7.62. The molecule has 19 heavy (non-hydrogen) atoms. The fraction of sp³-hybridized carbons (Fsp3) is 0.688. The molecule has 0 bridgehead atoms. The molecule has 2 N–H and O–H groups in total. The summed E-state index contributed by atoms with van der Waals surface area (Å²) in [5, 5.41) is 0. The monoisotopic (exact) mass is 263 g/mol. The third-order valence-corrected chi connectivity index (χ3v) is 3.25. The Morgan fingerprint density at radius 3 is 2.21 bits per heavy atom. The van der Waals surface area contributed by atoms with Crippen LogP contribution in [0, 0.1) is 0 Å². The summed E-state index contributed by atoms with van der Waals surface area (Å²) in [5.41, 5.74) is 7.04. The zero-order chi connectivity index (χ0) is 14.1. The molecule has 0 aromatic carbocycles. The molecule has 0 fully saturated rings. The molecule has 0 aliphatic rings. The van der Waals surface area contributed by atoms with Gasteiger partial charge >= 0.3 is 0 Å². The van der Waals surface area contributed by atoms with Crippen molar-refractivity contribution in [1.29, 1.82) is 0 Å². The SMILES string of the molecule is CCCCN(CCCC)c1ccc(CC(C)N)cn1. The van der Waals surface area contributed by atoms with Crippen LogP contribution in [0.5, 0.6) is 0 Å². The zero-order valence-electron chi connectivity index (χ0n) is 12.7. The molecular weight excluding hydrogens is 234 g/mol. The van der Waals surface area contributed by atoms with Crippen molar-refractivity contribution in [1.82, 2.24) is 4.98 Å². The van der Waals surface area contributed by atoms with Crippen molar-refractivity contribution < 1.29 is 0 Å². The van der Waals surface area contributed by atoms with Gasteiger partial charge in [-0.05, 0) is 37.8 Å². The Bertz CT molecular complexity index is 324. The van der Waals surface area contributed by atoms with Crippen molar-refractivity contribution in [2.45, 2.75) is 58.9 Å². The lowest BCUT2D eigenvalue weighted by molar-refractivity contribution is 0.670. The number of hydrogen-bond acceptors (Lipinski definition) is 3. The third kappa shape index (κ3) is 6.06.